The predicted octanol–water partition coefficient (Wildman–Crippen LogP) is 1.87. The number of carbonyl (C=O) groups excluding carboxylic acids is 1. The smallest absolute Gasteiger partial charge is 0.423 e. The van der Waals surface area contributed by atoms with Gasteiger partial charge in [0, 0.05) is 9.13 Å². The Labute approximate surface area is 131 Å². The van der Waals surface area contributed by atoms with E-state index in [-0.39, 0.29) is 5.78 Å². The van der Waals surface area contributed by atoms with Crippen LogP contribution in [0.15, 0.2) is 54.6 Å². The summed E-state index contributed by atoms with van der Waals surface area (Å²) in [7, 11) is -1.51. The minimum atomic E-state index is -1.51. The number of rotatable bonds is 4. The summed E-state index contributed by atoms with van der Waals surface area (Å²) in [6.07, 6.45) is 3.26. The van der Waals surface area contributed by atoms with Gasteiger partial charge < -0.3 is 10.0 Å². The molecule has 0 heterocycles. The van der Waals surface area contributed by atoms with Crippen molar-refractivity contribution in [2.45, 2.75) is 0 Å². The van der Waals surface area contributed by atoms with Crippen molar-refractivity contribution >= 4 is 47.0 Å². The van der Waals surface area contributed by atoms with E-state index in [9.17, 15) is 4.79 Å². The van der Waals surface area contributed by atoms with Crippen LogP contribution in [0.2, 0.25) is 0 Å². The highest BCUT2D eigenvalue weighted by Gasteiger charge is 2.10. The molecule has 2 rings (SSSR count). The molecule has 100 valence electrons. The minimum absolute atomic E-state index is 0.123. The van der Waals surface area contributed by atoms with Crippen LogP contribution in [0.3, 0.4) is 0 Å². The van der Waals surface area contributed by atoms with Crippen LogP contribution in [0.1, 0.15) is 15.9 Å². The van der Waals surface area contributed by atoms with Gasteiger partial charge in [-0.1, -0.05) is 42.5 Å². The Kier molecular flexibility index (Phi) is 5.11. The predicted molar refractivity (Wildman–Crippen MR) is 88.8 cm³/mol. The molecule has 0 fully saturated rings. The van der Waals surface area contributed by atoms with Crippen molar-refractivity contribution in [2.75, 3.05) is 0 Å². The molecular weight excluding hydrogens is 366 g/mol. The molecule has 3 nitrogen and oxygen atoms in total. The molecule has 0 amide bonds. The summed E-state index contributed by atoms with van der Waals surface area (Å²) in [4.78, 5) is 12.0. The third kappa shape index (κ3) is 4.03. The molecule has 0 aliphatic carbocycles. The normalized spacial score (nSPS) is 10.8. The number of halogens is 1. The maximum absolute atomic E-state index is 12.0. The second-order valence-corrected chi connectivity index (χ2v) is 5.49. The van der Waals surface area contributed by atoms with Crippen molar-refractivity contribution in [1.29, 1.82) is 0 Å². The molecule has 0 unspecified atom stereocenters. The zero-order valence-corrected chi connectivity index (χ0v) is 12.7. The van der Waals surface area contributed by atoms with Crippen molar-refractivity contribution in [3.63, 3.8) is 0 Å². The SMILES string of the molecule is O=C(/C=C/c1ccc(I)cc1)c1ccc(B(O)O)cc1. The molecular formula is C15H12BIO3. The molecule has 2 aromatic rings. The van der Waals surface area contributed by atoms with Gasteiger partial charge in [-0.3, -0.25) is 4.79 Å². The van der Waals surface area contributed by atoms with Gasteiger partial charge in [0.25, 0.3) is 0 Å². The lowest BCUT2D eigenvalue weighted by molar-refractivity contribution is 0.104. The number of carbonyl (C=O) groups is 1. The summed E-state index contributed by atoms with van der Waals surface area (Å²) in [6, 6.07) is 14.0. The summed E-state index contributed by atoms with van der Waals surface area (Å²) in [5.41, 5.74) is 1.83. The first-order valence-corrected chi connectivity index (χ1v) is 7.08. The first-order valence-electron chi connectivity index (χ1n) is 6.00. The van der Waals surface area contributed by atoms with Crippen LogP contribution in [0.5, 0.6) is 0 Å². The lowest BCUT2D eigenvalue weighted by Gasteiger charge is -2.00. The largest absolute Gasteiger partial charge is 0.488 e. The quantitative estimate of drug-likeness (QED) is 0.370. The lowest BCUT2D eigenvalue weighted by Crippen LogP contribution is -2.29. The fourth-order valence-electron chi connectivity index (χ4n) is 1.66. The number of benzene rings is 2. The first kappa shape index (κ1) is 15.0. The molecule has 0 aromatic heterocycles. The maximum Gasteiger partial charge on any atom is 0.488 e. The van der Waals surface area contributed by atoms with Gasteiger partial charge in [0.05, 0.1) is 0 Å². The number of hydrogen-bond acceptors (Lipinski definition) is 3. The Morgan fingerprint density at radius 3 is 2.15 bits per heavy atom. The van der Waals surface area contributed by atoms with Crippen molar-refractivity contribution in [3.05, 3.63) is 69.3 Å². The zero-order valence-electron chi connectivity index (χ0n) is 10.5. The molecule has 0 aliphatic rings. The first-order chi connectivity index (χ1) is 9.56. The Hall–Kier alpha value is -1.44. The topological polar surface area (TPSA) is 57.5 Å². The Morgan fingerprint density at radius 1 is 1.00 bits per heavy atom. The monoisotopic (exact) mass is 378 g/mol. The van der Waals surface area contributed by atoms with Crippen LogP contribution in [0.4, 0.5) is 0 Å². The Morgan fingerprint density at radius 2 is 1.60 bits per heavy atom. The molecule has 0 atom stereocenters. The van der Waals surface area contributed by atoms with Crippen LogP contribution in [0.25, 0.3) is 6.08 Å². The molecule has 2 aromatic carbocycles. The van der Waals surface area contributed by atoms with Crippen LogP contribution in [0, 0.1) is 3.57 Å². The summed E-state index contributed by atoms with van der Waals surface area (Å²) in [5, 5.41) is 18.0. The van der Waals surface area contributed by atoms with E-state index in [0.29, 0.717) is 11.0 Å². The van der Waals surface area contributed by atoms with Gasteiger partial charge in [-0.15, -0.1) is 0 Å². The Balaban J connectivity index is 2.09. The van der Waals surface area contributed by atoms with Crippen LogP contribution in [-0.2, 0) is 0 Å². The number of allylic oxidation sites excluding steroid dienone is 1. The zero-order chi connectivity index (χ0) is 14.5. The average Bonchev–Trinajstić information content (AvgIpc) is 2.46. The van der Waals surface area contributed by atoms with Crippen molar-refractivity contribution in [1.82, 2.24) is 0 Å². The fraction of sp³-hybridized carbons (Fsp3) is 0. The van der Waals surface area contributed by atoms with Crippen LogP contribution < -0.4 is 5.46 Å². The van der Waals surface area contributed by atoms with Gasteiger partial charge in [-0.05, 0) is 51.8 Å². The molecule has 20 heavy (non-hydrogen) atoms. The van der Waals surface area contributed by atoms with E-state index in [1.807, 2.05) is 24.3 Å². The molecule has 0 spiro atoms. The molecule has 0 bridgehead atoms. The van der Waals surface area contributed by atoms with Gasteiger partial charge in [0.15, 0.2) is 5.78 Å². The van der Waals surface area contributed by atoms with Gasteiger partial charge in [0.1, 0.15) is 0 Å². The van der Waals surface area contributed by atoms with Gasteiger partial charge in [-0.25, -0.2) is 0 Å². The van der Waals surface area contributed by atoms with Crippen molar-refractivity contribution < 1.29 is 14.8 Å². The van der Waals surface area contributed by atoms with Gasteiger partial charge >= 0.3 is 7.12 Å². The molecule has 2 N–H and O–H groups in total. The summed E-state index contributed by atoms with van der Waals surface area (Å²) in [6.45, 7) is 0. The summed E-state index contributed by atoms with van der Waals surface area (Å²) in [5.74, 6) is -0.123. The van der Waals surface area contributed by atoms with E-state index >= 15 is 0 Å². The van der Waals surface area contributed by atoms with Gasteiger partial charge in [-0.2, -0.15) is 0 Å². The van der Waals surface area contributed by atoms with Gasteiger partial charge in [0.2, 0.25) is 0 Å². The van der Waals surface area contributed by atoms with E-state index in [0.717, 1.165) is 9.13 Å². The summed E-state index contributed by atoms with van der Waals surface area (Å²) < 4.78 is 1.14. The molecule has 0 radical (unpaired) electrons. The minimum Gasteiger partial charge on any atom is -0.423 e. The van der Waals surface area contributed by atoms with E-state index in [1.165, 1.54) is 18.2 Å². The fourth-order valence-corrected chi connectivity index (χ4v) is 2.02. The highest BCUT2D eigenvalue weighted by molar-refractivity contribution is 14.1. The van der Waals surface area contributed by atoms with Crippen LogP contribution in [-0.4, -0.2) is 22.9 Å². The van der Waals surface area contributed by atoms with E-state index in [4.69, 9.17) is 10.0 Å². The second-order valence-electron chi connectivity index (χ2n) is 4.24. The second kappa shape index (κ2) is 6.83. The lowest BCUT2D eigenvalue weighted by atomic mass is 9.80. The Bertz CT molecular complexity index is 619. The maximum atomic E-state index is 12.0. The van der Waals surface area contributed by atoms with Crippen molar-refractivity contribution in [2.24, 2.45) is 0 Å². The number of hydrogen-bond donors (Lipinski definition) is 2. The molecule has 0 saturated heterocycles. The number of ketones is 1. The third-order valence-corrected chi connectivity index (χ3v) is 3.51. The highest BCUT2D eigenvalue weighted by atomic mass is 127. The molecule has 0 saturated carbocycles. The highest BCUT2D eigenvalue weighted by Crippen LogP contribution is 2.09. The van der Waals surface area contributed by atoms with Crippen molar-refractivity contribution in [3.8, 4) is 0 Å². The molecule has 5 heteroatoms. The standard InChI is InChI=1S/C15H12BIO3/c17-14-8-1-11(2-9-14)3-10-15(18)12-4-6-13(7-5-12)16(19)20/h1-10,19-20H/b10-3+. The van der Waals surface area contributed by atoms with E-state index in [2.05, 4.69) is 22.6 Å². The van der Waals surface area contributed by atoms with E-state index < -0.39 is 7.12 Å². The summed E-state index contributed by atoms with van der Waals surface area (Å²) >= 11 is 2.22. The third-order valence-electron chi connectivity index (χ3n) is 2.79. The van der Waals surface area contributed by atoms with E-state index in [1.54, 1.807) is 18.2 Å². The van der Waals surface area contributed by atoms with Crippen LogP contribution >= 0.6 is 22.6 Å². The molecule has 0 aliphatic heterocycles. The average molecular weight is 378 g/mol.